The molecule has 0 saturated heterocycles. The molecule has 0 aliphatic heterocycles. The Bertz CT molecular complexity index is 686. The maximum Gasteiger partial charge on any atom is 0.322 e. The smallest absolute Gasteiger partial charge is 0.322 e. The number of hydrogen-bond acceptors (Lipinski definition) is 8. The third kappa shape index (κ3) is 7.50. The number of carbonyl (C=O) groups is 1. The number of rotatable bonds is 7. The molecule has 6 nitrogen and oxygen atoms in total. The zero-order chi connectivity index (χ0) is 18.8. The predicted octanol–water partition coefficient (Wildman–Crippen LogP) is 3.18. The van der Waals surface area contributed by atoms with E-state index in [0.717, 1.165) is 21.2 Å². The number of ether oxygens (including phenoxy) is 1. The van der Waals surface area contributed by atoms with Crippen LogP contribution in [-0.2, 0) is 30.3 Å². The summed E-state index contributed by atoms with van der Waals surface area (Å²) in [5.74, 6) is -0.296. The Morgan fingerprint density at radius 2 is 1.83 bits per heavy atom. The summed E-state index contributed by atoms with van der Waals surface area (Å²) in [4.78, 5) is 17.8. The van der Waals surface area contributed by atoms with Gasteiger partial charge in [0.1, 0.15) is 10.3 Å². The minimum absolute atomic E-state index is 0.0585. The van der Waals surface area contributed by atoms with E-state index < -0.39 is 20.5 Å². The number of carbonyl (C=O) groups excluding carboxylic acids is 1. The molecule has 0 amide bonds. The molecule has 0 fully saturated rings. The number of nitrogens with zero attached hydrogens (tertiary/aromatic N) is 1. The van der Waals surface area contributed by atoms with Crippen molar-refractivity contribution in [1.82, 2.24) is 4.98 Å². The first-order valence-electron chi connectivity index (χ1n) is 7.43. The van der Waals surface area contributed by atoms with Gasteiger partial charge in [-0.2, -0.15) is 8.42 Å². The van der Waals surface area contributed by atoms with Crippen LogP contribution in [0.4, 0.5) is 0 Å². The van der Waals surface area contributed by atoms with Crippen molar-refractivity contribution in [2.75, 3.05) is 12.9 Å². The van der Waals surface area contributed by atoms with E-state index in [9.17, 15) is 13.2 Å². The molecule has 1 aromatic rings. The Morgan fingerprint density at radius 3 is 2.33 bits per heavy atom. The van der Waals surface area contributed by atoms with Gasteiger partial charge < -0.3 is 4.74 Å². The van der Waals surface area contributed by atoms with Crippen molar-refractivity contribution in [3.8, 4) is 0 Å². The minimum Gasteiger partial charge on any atom is -0.459 e. The number of esters is 1. The highest BCUT2D eigenvalue weighted by molar-refractivity contribution is 8.03. The van der Waals surface area contributed by atoms with E-state index in [0.29, 0.717) is 6.42 Å². The second kappa shape index (κ2) is 7.72. The maximum atomic E-state index is 12.3. The molecule has 1 heterocycles. The Kier molecular flexibility index (Phi) is 6.88. The van der Waals surface area contributed by atoms with E-state index in [1.165, 1.54) is 23.1 Å². The van der Waals surface area contributed by atoms with Crippen LogP contribution in [-0.4, -0.2) is 42.6 Å². The SMILES string of the molecule is Cc1sc(SC(C)(C)C(=O)OC(C)(C)C)nc1CCOS(C)(=O)=O. The quantitative estimate of drug-likeness (QED) is 0.398. The third-order valence-electron chi connectivity index (χ3n) is 2.74. The highest BCUT2D eigenvalue weighted by atomic mass is 32.2. The van der Waals surface area contributed by atoms with Crippen LogP contribution >= 0.6 is 23.1 Å². The van der Waals surface area contributed by atoms with Crippen molar-refractivity contribution in [1.29, 1.82) is 0 Å². The Labute approximate surface area is 152 Å². The molecule has 0 bridgehead atoms. The lowest BCUT2D eigenvalue weighted by Crippen LogP contribution is -2.36. The van der Waals surface area contributed by atoms with Crippen molar-refractivity contribution in [3.63, 3.8) is 0 Å². The molecule has 0 saturated carbocycles. The second-order valence-corrected chi connectivity index (χ2v) is 11.6. The van der Waals surface area contributed by atoms with Crippen molar-refractivity contribution in [3.05, 3.63) is 10.6 Å². The van der Waals surface area contributed by atoms with E-state index in [1.54, 1.807) is 13.8 Å². The molecule has 0 radical (unpaired) electrons. The molecule has 0 spiro atoms. The highest BCUT2D eigenvalue weighted by Gasteiger charge is 2.35. The lowest BCUT2D eigenvalue weighted by molar-refractivity contribution is -0.156. The van der Waals surface area contributed by atoms with Gasteiger partial charge in [-0.05, 0) is 41.5 Å². The number of aryl methyl sites for hydroxylation is 1. The molecule has 0 aromatic carbocycles. The van der Waals surface area contributed by atoms with Crippen molar-refractivity contribution in [2.24, 2.45) is 0 Å². The number of thiazole rings is 1. The number of aromatic nitrogens is 1. The monoisotopic (exact) mass is 395 g/mol. The van der Waals surface area contributed by atoms with Crippen molar-refractivity contribution >= 4 is 39.2 Å². The van der Waals surface area contributed by atoms with Gasteiger partial charge in [-0.3, -0.25) is 8.98 Å². The molecule has 0 aliphatic carbocycles. The lowest BCUT2D eigenvalue weighted by Gasteiger charge is -2.27. The van der Waals surface area contributed by atoms with Crippen molar-refractivity contribution in [2.45, 2.75) is 62.7 Å². The van der Waals surface area contributed by atoms with Crippen LogP contribution in [0.1, 0.15) is 45.2 Å². The summed E-state index contributed by atoms with van der Waals surface area (Å²) in [6.07, 6.45) is 1.42. The van der Waals surface area contributed by atoms with Gasteiger partial charge in [0.2, 0.25) is 0 Å². The van der Waals surface area contributed by atoms with Gasteiger partial charge in [0.25, 0.3) is 10.1 Å². The number of thioether (sulfide) groups is 1. The molecular weight excluding hydrogens is 370 g/mol. The minimum atomic E-state index is -3.45. The summed E-state index contributed by atoms with van der Waals surface area (Å²) in [6.45, 7) is 11.1. The molecule has 9 heteroatoms. The van der Waals surface area contributed by atoms with Crippen LogP contribution in [0, 0.1) is 6.92 Å². The van der Waals surface area contributed by atoms with Gasteiger partial charge in [0.15, 0.2) is 4.34 Å². The molecule has 1 rings (SSSR count). The first-order chi connectivity index (χ1) is 10.7. The fourth-order valence-electron chi connectivity index (χ4n) is 1.63. The normalized spacial score (nSPS) is 13.1. The average Bonchev–Trinajstić information content (AvgIpc) is 2.65. The number of hydrogen-bond donors (Lipinski definition) is 0. The van der Waals surface area contributed by atoms with Gasteiger partial charge in [0.05, 0.1) is 18.6 Å². The van der Waals surface area contributed by atoms with Crippen LogP contribution in [0.15, 0.2) is 4.34 Å². The van der Waals surface area contributed by atoms with E-state index in [2.05, 4.69) is 4.98 Å². The fraction of sp³-hybridized carbons (Fsp3) is 0.733. The highest BCUT2D eigenvalue weighted by Crippen LogP contribution is 2.37. The van der Waals surface area contributed by atoms with E-state index in [1.807, 2.05) is 27.7 Å². The first kappa shape index (κ1) is 21.4. The summed E-state index contributed by atoms with van der Waals surface area (Å²) < 4.78 is 32.2. The van der Waals surface area contributed by atoms with Crippen LogP contribution in [0.5, 0.6) is 0 Å². The average molecular weight is 396 g/mol. The molecule has 0 atom stereocenters. The third-order valence-corrected chi connectivity index (χ3v) is 5.59. The van der Waals surface area contributed by atoms with E-state index in [4.69, 9.17) is 8.92 Å². The van der Waals surface area contributed by atoms with Gasteiger partial charge in [-0.1, -0.05) is 11.8 Å². The van der Waals surface area contributed by atoms with E-state index in [-0.39, 0.29) is 12.6 Å². The molecule has 0 aliphatic rings. The zero-order valence-electron chi connectivity index (χ0n) is 15.1. The van der Waals surface area contributed by atoms with Crippen LogP contribution in [0.3, 0.4) is 0 Å². The summed E-state index contributed by atoms with van der Waals surface area (Å²) in [5, 5.41) is 0. The molecule has 1 aromatic heterocycles. The molecule has 0 N–H and O–H groups in total. The maximum absolute atomic E-state index is 12.3. The second-order valence-electron chi connectivity index (χ2n) is 6.87. The van der Waals surface area contributed by atoms with Crippen LogP contribution < -0.4 is 0 Å². The van der Waals surface area contributed by atoms with Gasteiger partial charge in [-0.25, -0.2) is 4.98 Å². The van der Waals surface area contributed by atoms with Crippen LogP contribution in [0.2, 0.25) is 0 Å². The molecule has 0 unspecified atom stereocenters. The van der Waals surface area contributed by atoms with Gasteiger partial charge in [-0.15, -0.1) is 11.3 Å². The summed E-state index contributed by atoms with van der Waals surface area (Å²) in [7, 11) is -3.45. The fourth-order valence-corrected chi connectivity index (χ4v) is 4.58. The van der Waals surface area contributed by atoms with E-state index >= 15 is 0 Å². The summed E-state index contributed by atoms with van der Waals surface area (Å²) in [5.41, 5.74) is 0.244. The molecular formula is C15H25NO5S3. The molecule has 138 valence electrons. The Hall–Kier alpha value is -0.640. The summed E-state index contributed by atoms with van der Waals surface area (Å²) in [6, 6.07) is 0. The lowest BCUT2D eigenvalue weighted by atomic mass is 10.1. The Morgan fingerprint density at radius 1 is 1.25 bits per heavy atom. The zero-order valence-corrected chi connectivity index (χ0v) is 17.6. The van der Waals surface area contributed by atoms with Crippen molar-refractivity contribution < 1.29 is 22.1 Å². The first-order valence-corrected chi connectivity index (χ1v) is 10.9. The largest absolute Gasteiger partial charge is 0.459 e. The molecule has 24 heavy (non-hydrogen) atoms. The van der Waals surface area contributed by atoms with Crippen LogP contribution in [0.25, 0.3) is 0 Å². The predicted molar refractivity (Wildman–Crippen MR) is 97.1 cm³/mol. The summed E-state index contributed by atoms with van der Waals surface area (Å²) >= 11 is 2.82. The topological polar surface area (TPSA) is 82.6 Å². The Balaban J connectivity index is 2.75. The van der Waals surface area contributed by atoms with Gasteiger partial charge in [0, 0.05) is 11.3 Å². The van der Waals surface area contributed by atoms with Gasteiger partial charge >= 0.3 is 5.97 Å². The standard InChI is InChI=1S/C15H25NO5S3/c1-10-11(8-9-20-24(7,18)19)16-13(22-10)23-15(5,6)12(17)21-14(2,3)4/h8-9H2,1-7H3.